The summed E-state index contributed by atoms with van der Waals surface area (Å²) in [7, 11) is 1.66. The molecule has 0 fully saturated rings. The van der Waals surface area contributed by atoms with Crippen molar-refractivity contribution in [1.82, 2.24) is 4.98 Å². The minimum atomic E-state index is 0.566. The lowest BCUT2D eigenvalue weighted by molar-refractivity contribution is 0.146. The summed E-state index contributed by atoms with van der Waals surface area (Å²) in [5.74, 6) is 0.850. The van der Waals surface area contributed by atoms with Crippen LogP contribution in [0.15, 0.2) is 42.6 Å². The Labute approximate surface area is 107 Å². The zero-order valence-electron chi connectivity index (χ0n) is 10.5. The number of methoxy groups -OCH3 is 1. The van der Waals surface area contributed by atoms with Gasteiger partial charge in [0.1, 0.15) is 12.4 Å². The van der Waals surface area contributed by atoms with Gasteiger partial charge in [0.25, 0.3) is 0 Å². The van der Waals surface area contributed by atoms with Gasteiger partial charge < -0.3 is 19.8 Å². The van der Waals surface area contributed by atoms with E-state index in [4.69, 9.17) is 9.47 Å². The number of ether oxygens (including phenoxy) is 2. The maximum Gasteiger partial charge on any atom is 0.121 e. The van der Waals surface area contributed by atoms with Crippen LogP contribution in [-0.2, 0) is 11.3 Å². The molecule has 4 heteroatoms. The van der Waals surface area contributed by atoms with E-state index >= 15 is 0 Å². The number of nitrogens with one attached hydrogen (secondary N) is 2. The summed E-state index contributed by atoms with van der Waals surface area (Å²) in [6.45, 7) is 1.94. The van der Waals surface area contributed by atoms with Crippen molar-refractivity contribution in [2.75, 3.05) is 25.6 Å². The van der Waals surface area contributed by atoms with E-state index in [2.05, 4.69) is 10.3 Å². The highest BCUT2D eigenvalue weighted by Gasteiger charge is 1.97. The predicted molar refractivity (Wildman–Crippen MR) is 71.9 cm³/mol. The van der Waals surface area contributed by atoms with Gasteiger partial charge in [-0.15, -0.1) is 0 Å². The summed E-state index contributed by atoms with van der Waals surface area (Å²) in [4.78, 5) is 3.15. The Morgan fingerprint density at radius 1 is 1.17 bits per heavy atom. The molecule has 4 nitrogen and oxygen atoms in total. The van der Waals surface area contributed by atoms with Crippen LogP contribution in [0.25, 0.3) is 0 Å². The van der Waals surface area contributed by atoms with Gasteiger partial charge in [0, 0.05) is 30.8 Å². The summed E-state index contributed by atoms with van der Waals surface area (Å²) >= 11 is 0. The fourth-order valence-corrected chi connectivity index (χ4v) is 1.61. The fraction of sp³-hybridized carbons (Fsp3) is 0.286. The summed E-state index contributed by atoms with van der Waals surface area (Å²) < 4.78 is 10.5. The molecule has 0 aliphatic carbocycles. The average molecular weight is 246 g/mol. The molecule has 18 heavy (non-hydrogen) atoms. The van der Waals surface area contributed by atoms with Crippen LogP contribution in [0, 0.1) is 0 Å². The van der Waals surface area contributed by atoms with E-state index in [1.807, 2.05) is 42.6 Å². The third-order valence-electron chi connectivity index (χ3n) is 2.54. The molecule has 0 saturated heterocycles. The Hall–Kier alpha value is -1.94. The minimum absolute atomic E-state index is 0.566. The second-order valence-corrected chi connectivity index (χ2v) is 3.92. The van der Waals surface area contributed by atoms with Gasteiger partial charge in [-0.05, 0) is 24.3 Å². The molecule has 0 radical (unpaired) electrons. The van der Waals surface area contributed by atoms with Crippen molar-refractivity contribution in [3.63, 3.8) is 0 Å². The van der Waals surface area contributed by atoms with E-state index in [1.54, 1.807) is 7.11 Å². The maximum atomic E-state index is 5.55. The minimum Gasteiger partial charge on any atom is -0.491 e. The van der Waals surface area contributed by atoms with Crippen LogP contribution in [0.2, 0.25) is 0 Å². The molecule has 0 spiro atoms. The Bertz CT molecular complexity index is 455. The number of aromatic amines is 1. The zero-order chi connectivity index (χ0) is 12.6. The lowest BCUT2D eigenvalue weighted by atomic mass is 10.3. The summed E-state index contributed by atoms with van der Waals surface area (Å²) in [6.07, 6.45) is 1.92. The predicted octanol–water partition coefficient (Wildman–Crippen LogP) is 2.65. The molecule has 2 N–H and O–H groups in total. The number of aromatic nitrogens is 1. The highest BCUT2D eigenvalue weighted by molar-refractivity contribution is 5.48. The second kappa shape index (κ2) is 6.71. The summed E-state index contributed by atoms with van der Waals surface area (Å²) in [5.41, 5.74) is 2.19. The van der Waals surface area contributed by atoms with Crippen molar-refractivity contribution in [2.45, 2.75) is 6.54 Å². The van der Waals surface area contributed by atoms with Crippen molar-refractivity contribution in [3.8, 4) is 5.75 Å². The molecule has 0 unspecified atom stereocenters. The topological polar surface area (TPSA) is 46.3 Å². The Balaban J connectivity index is 1.86. The molecule has 1 aromatic carbocycles. The molecule has 0 aliphatic heterocycles. The summed E-state index contributed by atoms with van der Waals surface area (Å²) in [5, 5.41) is 3.34. The van der Waals surface area contributed by atoms with Crippen LogP contribution >= 0.6 is 0 Å². The third-order valence-corrected chi connectivity index (χ3v) is 2.54. The molecule has 1 heterocycles. The van der Waals surface area contributed by atoms with E-state index in [0.717, 1.165) is 23.7 Å². The Kier molecular flexibility index (Phi) is 4.67. The van der Waals surface area contributed by atoms with Gasteiger partial charge in [-0.1, -0.05) is 6.07 Å². The van der Waals surface area contributed by atoms with Crippen LogP contribution in [0.3, 0.4) is 0 Å². The van der Waals surface area contributed by atoms with Crippen LogP contribution < -0.4 is 10.1 Å². The third kappa shape index (κ3) is 3.82. The smallest absolute Gasteiger partial charge is 0.121 e. The molecule has 1 aromatic heterocycles. The van der Waals surface area contributed by atoms with Crippen molar-refractivity contribution in [3.05, 3.63) is 48.3 Å². The van der Waals surface area contributed by atoms with Crippen LogP contribution in [0.4, 0.5) is 5.69 Å². The first-order valence-electron chi connectivity index (χ1n) is 5.96. The first kappa shape index (κ1) is 12.5. The molecule has 0 bridgehead atoms. The average Bonchev–Trinajstić information content (AvgIpc) is 2.90. The van der Waals surface area contributed by atoms with Gasteiger partial charge >= 0.3 is 0 Å². The molecular formula is C14H18N2O2. The van der Waals surface area contributed by atoms with Crippen LogP contribution in [0.1, 0.15) is 5.69 Å². The maximum absolute atomic E-state index is 5.55. The van der Waals surface area contributed by atoms with Gasteiger partial charge in [0.15, 0.2) is 0 Å². The first-order chi connectivity index (χ1) is 8.88. The molecular weight excluding hydrogens is 228 g/mol. The number of hydrogen-bond donors (Lipinski definition) is 2. The Morgan fingerprint density at radius 2 is 2.11 bits per heavy atom. The molecule has 0 saturated carbocycles. The summed E-state index contributed by atoms with van der Waals surface area (Å²) in [6, 6.07) is 12.0. The van der Waals surface area contributed by atoms with Crippen molar-refractivity contribution >= 4 is 5.69 Å². The van der Waals surface area contributed by atoms with E-state index in [0.29, 0.717) is 13.2 Å². The largest absolute Gasteiger partial charge is 0.491 e. The van der Waals surface area contributed by atoms with Crippen molar-refractivity contribution < 1.29 is 9.47 Å². The monoisotopic (exact) mass is 246 g/mol. The van der Waals surface area contributed by atoms with Crippen LogP contribution in [0.5, 0.6) is 5.75 Å². The quantitative estimate of drug-likeness (QED) is 0.738. The molecule has 0 aliphatic rings. The number of hydrogen-bond acceptors (Lipinski definition) is 3. The highest BCUT2D eigenvalue weighted by Crippen LogP contribution is 2.17. The first-order valence-corrected chi connectivity index (χ1v) is 5.96. The SMILES string of the molecule is COCCOc1cccc(NCc2ccc[nH]2)c1. The van der Waals surface area contributed by atoms with E-state index in [1.165, 1.54) is 0 Å². The van der Waals surface area contributed by atoms with E-state index in [9.17, 15) is 0 Å². The number of H-pyrrole nitrogens is 1. The van der Waals surface area contributed by atoms with E-state index in [-0.39, 0.29) is 0 Å². The molecule has 96 valence electrons. The zero-order valence-corrected chi connectivity index (χ0v) is 10.5. The number of benzene rings is 1. The fourth-order valence-electron chi connectivity index (χ4n) is 1.61. The highest BCUT2D eigenvalue weighted by atomic mass is 16.5. The molecule has 0 amide bonds. The molecule has 0 atom stereocenters. The number of rotatable bonds is 7. The lowest BCUT2D eigenvalue weighted by Crippen LogP contribution is -2.05. The van der Waals surface area contributed by atoms with Crippen LogP contribution in [-0.4, -0.2) is 25.3 Å². The van der Waals surface area contributed by atoms with Gasteiger partial charge in [-0.2, -0.15) is 0 Å². The number of anilines is 1. The van der Waals surface area contributed by atoms with Crippen molar-refractivity contribution in [1.29, 1.82) is 0 Å². The molecule has 2 aromatic rings. The normalized spacial score (nSPS) is 10.3. The van der Waals surface area contributed by atoms with Gasteiger partial charge in [0.05, 0.1) is 13.2 Å². The Morgan fingerprint density at radius 3 is 2.89 bits per heavy atom. The lowest BCUT2D eigenvalue weighted by Gasteiger charge is -2.09. The van der Waals surface area contributed by atoms with Gasteiger partial charge in [0.2, 0.25) is 0 Å². The van der Waals surface area contributed by atoms with Crippen molar-refractivity contribution in [2.24, 2.45) is 0 Å². The standard InChI is InChI=1S/C14H18N2O2/c1-17-8-9-18-14-6-2-4-12(10-14)16-11-13-5-3-7-15-13/h2-7,10,15-16H,8-9,11H2,1H3. The van der Waals surface area contributed by atoms with E-state index < -0.39 is 0 Å². The van der Waals surface area contributed by atoms with Gasteiger partial charge in [-0.25, -0.2) is 0 Å². The molecule has 2 rings (SSSR count). The van der Waals surface area contributed by atoms with Gasteiger partial charge in [-0.3, -0.25) is 0 Å². The second-order valence-electron chi connectivity index (χ2n) is 3.92.